The van der Waals surface area contributed by atoms with Gasteiger partial charge in [0.1, 0.15) is 11.3 Å². The van der Waals surface area contributed by atoms with E-state index in [1.807, 2.05) is 11.0 Å². The lowest BCUT2D eigenvalue weighted by Crippen LogP contribution is -2.40. The van der Waals surface area contributed by atoms with E-state index in [2.05, 4.69) is 34.3 Å². The lowest BCUT2D eigenvalue weighted by atomic mass is 9.77. The van der Waals surface area contributed by atoms with Gasteiger partial charge in [-0.1, -0.05) is 43.2 Å². The zero-order valence-electron chi connectivity index (χ0n) is 16.1. The first kappa shape index (κ1) is 17.8. The molecule has 0 spiro atoms. The fraction of sp³-hybridized carbons (Fsp3) is 0.364. The van der Waals surface area contributed by atoms with Crippen LogP contribution in [0.2, 0.25) is 0 Å². The third-order valence-electron chi connectivity index (χ3n) is 6.47. The van der Waals surface area contributed by atoms with Crippen LogP contribution in [-0.2, 0) is 0 Å². The second kappa shape index (κ2) is 6.99. The van der Waals surface area contributed by atoms with Crippen LogP contribution in [0.5, 0.6) is 0 Å². The van der Waals surface area contributed by atoms with E-state index in [1.165, 1.54) is 22.7 Å². The molecule has 2 aromatic heterocycles. The van der Waals surface area contributed by atoms with Crippen molar-refractivity contribution in [2.24, 2.45) is 11.7 Å². The molecule has 1 aliphatic carbocycles. The Morgan fingerprint density at radius 1 is 1.07 bits per heavy atom. The van der Waals surface area contributed by atoms with Crippen molar-refractivity contribution in [3.63, 3.8) is 0 Å². The Labute approximate surface area is 168 Å². The highest BCUT2D eigenvalue weighted by molar-refractivity contribution is 6.00. The van der Waals surface area contributed by atoms with Crippen molar-refractivity contribution in [2.45, 2.75) is 37.6 Å². The molecule has 0 radical (unpaired) electrons. The summed E-state index contributed by atoms with van der Waals surface area (Å²) < 4.78 is 1.44. The largest absolute Gasteiger partial charge is 0.365 e. The summed E-state index contributed by atoms with van der Waals surface area (Å²) in [7, 11) is 0. The number of carbonyl (C=O) groups is 2. The number of nitrogens with zero attached hydrogens (tertiary/aromatic N) is 4. The van der Waals surface area contributed by atoms with Gasteiger partial charge in [-0.15, -0.1) is 0 Å². The number of nitrogens with two attached hydrogens (primary N) is 1. The Bertz CT molecular complexity index is 1080. The summed E-state index contributed by atoms with van der Waals surface area (Å²) in [5.41, 5.74) is 7.68. The zero-order chi connectivity index (χ0) is 20.0. The summed E-state index contributed by atoms with van der Waals surface area (Å²) in [5.74, 6) is 0.161. The molecule has 7 nitrogen and oxygen atoms in total. The molecule has 2 aliphatic rings. The molecule has 2 fully saturated rings. The third kappa shape index (κ3) is 2.88. The lowest BCUT2D eigenvalue weighted by molar-refractivity contribution is 0.0680. The summed E-state index contributed by atoms with van der Waals surface area (Å²) in [6.07, 6.45) is 7.45. The SMILES string of the molecule is NC(=O)c1cnn2c(C(=O)N3CC(c4ccccc4)C4CCCCC43)ccnc12. The Morgan fingerprint density at radius 2 is 1.86 bits per heavy atom. The molecule has 7 heteroatoms. The topological polar surface area (TPSA) is 93.6 Å². The van der Waals surface area contributed by atoms with E-state index in [1.54, 1.807) is 12.3 Å². The van der Waals surface area contributed by atoms with Gasteiger partial charge in [0, 0.05) is 24.7 Å². The van der Waals surface area contributed by atoms with Gasteiger partial charge in [0.15, 0.2) is 5.65 Å². The summed E-state index contributed by atoms with van der Waals surface area (Å²) in [6, 6.07) is 12.4. The highest BCUT2D eigenvalue weighted by atomic mass is 16.2. The number of hydrogen-bond donors (Lipinski definition) is 1. The Kier molecular flexibility index (Phi) is 4.30. The monoisotopic (exact) mass is 389 g/mol. The normalized spacial score (nSPS) is 23.9. The number of carbonyl (C=O) groups excluding carboxylic acids is 2. The van der Waals surface area contributed by atoms with Gasteiger partial charge in [-0.2, -0.15) is 5.10 Å². The Hall–Kier alpha value is -3.22. The first-order chi connectivity index (χ1) is 14.1. The van der Waals surface area contributed by atoms with Gasteiger partial charge >= 0.3 is 0 Å². The van der Waals surface area contributed by atoms with Gasteiger partial charge in [0.05, 0.1) is 6.20 Å². The summed E-state index contributed by atoms with van der Waals surface area (Å²) in [6.45, 7) is 0.700. The van der Waals surface area contributed by atoms with Crippen molar-refractivity contribution in [3.8, 4) is 0 Å². The van der Waals surface area contributed by atoms with Crippen LogP contribution >= 0.6 is 0 Å². The van der Waals surface area contributed by atoms with E-state index in [0.29, 0.717) is 29.7 Å². The maximum atomic E-state index is 13.6. The molecule has 148 valence electrons. The third-order valence-corrected chi connectivity index (χ3v) is 6.47. The molecule has 3 unspecified atom stereocenters. The average molecular weight is 389 g/mol. The van der Waals surface area contributed by atoms with Crippen molar-refractivity contribution in [1.29, 1.82) is 0 Å². The molecule has 1 aromatic carbocycles. The molecule has 3 aromatic rings. The molecule has 1 saturated carbocycles. The van der Waals surface area contributed by atoms with E-state index in [0.717, 1.165) is 19.3 Å². The molecule has 1 saturated heterocycles. The predicted octanol–water partition coefficient (Wildman–Crippen LogP) is 2.63. The van der Waals surface area contributed by atoms with Gasteiger partial charge in [-0.3, -0.25) is 9.59 Å². The van der Waals surface area contributed by atoms with Crippen molar-refractivity contribution >= 4 is 17.5 Å². The van der Waals surface area contributed by atoms with Crippen LogP contribution in [0.3, 0.4) is 0 Å². The van der Waals surface area contributed by atoms with Crippen molar-refractivity contribution in [2.75, 3.05) is 6.54 Å². The van der Waals surface area contributed by atoms with E-state index in [-0.39, 0.29) is 17.5 Å². The van der Waals surface area contributed by atoms with Gasteiger partial charge in [0.2, 0.25) is 0 Å². The van der Waals surface area contributed by atoms with Gasteiger partial charge in [-0.05, 0) is 30.4 Å². The minimum absolute atomic E-state index is 0.0631. The average Bonchev–Trinajstić information content (AvgIpc) is 3.36. The number of fused-ring (bicyclic) bond motifs is 2. The van der Waals surface area contributed by atoms with Crippen LogP contribution in [-0.4, -0.2) is 43.9 Å². The molecule has 1 aliphatic heterocycles. The van der Waals surface area contributed by atoms with Crippen LogP contribution in [0.4, 0.5) is 0 Å². The molecule has 2 amide bonds. The molecular weight excluding hydrogens is 366 g/mol. The van der Waals surface area contributed by atoms with Crippen LogP contribution in [0.15, 0.2) is 48.8 Å². The molecule has 5 rings (SSSR count). The number of primary amides is 1. The maximum absolute atomic E-state index is 13.6. The number of hydrogen-bond acceptors (Lipinski definition) is 4. The van der Waals surface area contributed by atoms with Gasteiger partial charge in [-0.25, -0.2) is 9.50 Å². The maximum Gasteiger partial charge on any atom is 0.272 e. The lowest BCUT2D eigenvalue weighted by Gasteiger charge is -2.32. The fourth-order valence-electron chi connectivity index (χ4n) is 5.14. The first-order valence-corrected chi connectivity index (χ1v) is 10.1. The highest BCUT2D eigenvalue weighted by Crippen LogP contribution is 2.45. The molecule has 2 N–H and O–H groups in total. The smallest absolute Gasteiger partial charge is 0.272 e. The van der Waals surface area contributed by atoms with Crippen LogP contribution < -0.4 is 5.73 Å². The number of benzene rings is 1. The number of likely N-dealkylation sites (tertiary alicyclic amines) is 1. The zero-order valence-corrected chi connectivity index (χ0v) is 16.1. The van der Waals surface area contributed by atoms with E-state index < -0.39 is 5.91 Å². The predicted molar refractivity (Wildman–Crippen MR) is 107 cm³/mol. The molecule has 3 heterocycles. The van der Waals surface area contributed by atoms with Crippen LogP contribution in [0.1, 0.15) is 58.0 Å². The number of amides is 2. The van der Waals surface area contributed by atoms with Gasteiger partial charge in [0.25, 0.3) is 11.8 Å². The standard InChI is InChI=1S/C22H23N5O2/c23-20(28)16-12-25-27-19(10-11-24-21(16)27)22(29)26-13-17(14-6-2-1-3-7-14)15-8-4-5-9-18(15)26/h1-3,6-7,10-12,15,17-18H,4-5,8-9,13H2,(H2,23,28). The van der Waals surface area contributed by atoms with E-state index in [4.69, 9.17) is 5.73 Å². The van der Waals surface area contributed by atoms with Gasteiger partial charge < -0.3 is 10.6 Å². The minimum Gasteiger partial charge on any atom is -0.365 e. The van der Waals surface area contributed by atoms with Crippen molar-refractivity contribution < 1.29 is 9.59 Å². The number of rotatable bonds is 3. The number of aromatic nitrogens is 3. The molecule has 29 heavy (non-hydrogen) atoms. The second-order valence-corrected chi connectivity index (χ2v) is 7.98. The Balaban J connectivity index is 1.53. The van der Waals surface area contributed by atoms with Crippen molar-refractivity contribution in [3.05, 3.63) is 65.6 Å². The van der Waals surface area contributed by atoms with Crippen LogP contribution in [0, 0.1) is 5.92 Å². The highest BCUT2D eigenvalue weighted by Gasteiger charge is 2.45. The van der Waals surface area contributed by atoms with E-state index in [9.17, 15) is 9.59 Å². The summed E-state index contributed by atoms with van der Waals surface area (Å²) in [4.78, 5) is 31.4. The minimum atomic E-state index is -0.602. The fourth-order valence-corrected chi connectivity index (χ4v) is 5.14. The first-order valence-electron chi connectivity index (χ1n) is 10.1. The van der Waals surface area contributed by atoms with Crippen LogP contribution in [0.25, 0.3) is 5.65 Å². The molecule has 3 atom stereocenters. The molecular formula is C22H23N5O2. The summed E-state index contributed by atoms with van der Waals surface area (Å²) >= 11 is 0. The Morgan fingerprint density at radius 3 is 2.66 bits per heavy atom. The van der Waals surface area contributed by atoms with E-state index >= 15 is 0 Å². The molecule has 0 bridgehead atoms. The quantitative estimate of drug-likeness (QED) is 0.745. The summed E-state index contributed by atoms with van der Waals surface area (Å²) in [5, 5.41) is 4.22. The van der Waals surface area contributed by atoms with Crippen molar-refractivity contribution in [1.82, 2.24) is 19.5 Å². The second-order valence-electron chi connectivity index (χ2n) is 7.98.